The van der Waals surface area contributed by atoms with Gasteiger partial charge in [-0.05, 0) is 43.3 Å². The fourth-order valence-corrected chi connectivity index (χ4v) is 3.79. The average molecular weight is 393 g/mol. The number of hydroxylamine groups is 1. The fourth-order valence-electron chi connectivity index (χ4n) is 2.20. The van der Waals surface area contributed by atoms with Crippen LogP contribution in [0.5, 0.6) is 0 Å². The highest BCUT2D eigenvalue weighted by Gasteiger charge is 2.36. The molecule has 2 aromatic rings. The Labute approximate surface area is 155 Å². The van der Waals surface area contributed by atoms with Crippen molar-refractivity contribution in [3.63, 3.8) is 0 Å². The van der Waals surface area contributed by atoms with Gasteiger partial charge in [0.2, 0.25) is 0 Å². The minimum atomic E-state index is -4.02. The summed E-state index contributed by atoms with van der Waals surface area (Å²) in [6, 6.07) is 13.5. The summed E-state index contributed by atoms with van der Waals surface area (Å²) in [6.07, 6.45) is 0. The molecule has 27 heavy (non-hydrogen) atoms. The van der Waals surface area contributed by atoms with Gasteiger partial charge in [0.25, 0.3) is 5.91 Å². The Bertz CT molecular complexity index is 911. The molecule has 0 aliphatic rings. The molecule has 10 heteroatoms. The Morgan fingerprint density at radius 3 is 2.00 bits per heavy atom. The van der Waals surface area contributed by atoms with Crippen molar-refractivity contribution in [2.45, 2.75) is 17.4 Å². The third-order valence-corrected chi connectivity index (χ3v) is 5.50. The normalized spacial score (nSPS) is 13.3. The molecule has 0 spiro atoms. The SMILES string of the molecule is CC(O)(CS(=O)(=O)c1ccc(NC(=O)Nc2ccccc2)cc1)C(=O)NO. The fraction of sp³-hybridized carbons (Fsp3) is 0.176. The molecule has 0 radical (unpaired) electrons. The van der Waals surface area contributed by atoms with Gasteiger partial charge < -0.3 is 15.7 Å². The Balaban J connectivity index is 2.05. The van der Waals surface area contributed by atoms with Crippen LogP contribution in [0.15, 0.2) is 59.5 Å². The van der Waals surface area contributed by atoms with E-state index in [1.165, 1.54) is 29.7 Å². The molecule has 0 bridgehead atoms. The van der Waals surface area contributed by atoms with E-state index in [2.05, 4.69) is 10.6 Å². The monoisotopic (exact) mass is 393 g/mol. The first-order chi connectivity index (χ1) is 12.6. The molecule has 2 aromatic carbocycles. The number of amides is 3. The molecule has 0 fully saturated rings. The Morgan fingerprint density at radius 2 is 1.48 bits per heavy atom. The molecule has 0 saturated heterocycles. The molecule has 1 unspecified atom stereocenters. The zero-order valence-electron chi connectivity index (χ0n) is 14.3. The van der Waals surface area contributed by atoms with Gasteiger partial charge in [-0.2, -0.15) is 0 Å². The molecule has 5 N–H and O–H groups in total. The van der Waals surface area contributed by atoms with Crippen molar-refractivity contribution < 1.29 is 28.3 Å². The summed E-state index contributed by atoms with van der Waals surface area (Å²) in [4.78, 5) is 23.1. The Hall–Kier alpha value is -2.95. The summed E-state index contributed by atoms with van der Waals surface area (Å²) < 4.78 is 24.6. The lowest BCUT2D eigenvalue weighted by Crippen LogP contribution is -2.48. The number of carbonyl (C=O) groups excluding carboxylic acids is 2. The molecule has 0 aliphatic carbocycles. The minimum absolute atomic E-state index is 0.150. The number of benzene rings is 2. The number of para-hydroxylation sites is 1. The van der Waals surface area contributed by atoms with Crippen molar-refractivity contribution >= 4 is 33.2 Å². The van der Waals surface area contributed by atoms with Crippen LogP contribution in [-0.4, -0.2) is 42.0 Å². The highest BCUT2D eigenvalue weighted by Crippen LogP contribution is 2.19. The number of anilines is 2. The molecule has 0 saturated carbocycles. The average Bonchev–Trinajstić information content (AvgIpc) is 2.61. The van der Waals surface area contributed by atoms with Crippen LogP contribution in [0.4, 0.5) is 16.2 Å². The number of aliphatic hydroxyl groups is 1. The molecule has 0 heterocycles. The van der Waals surface area contributed by atoms with Crippen LogP contribution in [0.3, 0.4) is 0 Å². The van der Waals surface area contributed by atoms with E-state index >= 15 is 0 Å². The standard InChI is InChI=1S/C17H19N3O6S/c1-17(23,15(21)20-24)11-27(25,26)14-9-7-13(8-10-14)19-16(22)18-12-5-3-2-4-6-12/h2-10,23-24H,11H2,1H3,(H,20,21)(H2,18,19,22). The van der Waals surface area contributed by atoms with Gasteiger partial charge in [-0.15, -0.1) is 0 Å². The molecule has 0 aromatic heterocycles. The number of sulfone groups is 1. The van der Waals surface area contributed by atoms with Crippen LogP contribution in [-0.2, 0) is 14.6 Å². The first-order valence-electron chi connectivity index (χ1n) is 7.77. The van der Waals surface area contributed by atoms with Gasteiger partial charge in [-0.3, -0.25) is 10.0 Å². The topological polar surface area (TPSA) is 145 Å². The van der Waals surface area contributed by atoms with Crippen molar-refractivity contribution in [1.82, 2.24) is 5.48 Å². The van der Waals surface area contributed by atoms with Crippen LogP contribution < -0.4 is 16.1 Å². The van der Waals surface area contributed by atoms with E-state index in [-0.39, 0.29) is 4.90 Å². The molecule has 9 nitrogen and oxygen atoms in total. The number of carbonyl (C=O) groups is 2. The summed E-state index contributed by atoms with van der Waals surface area (Å²) >= 11 is 0. The summed E-state index contributed by atoms with van der Waals surface area (Å²) in [5.74, 6) is -2.16. The second-order valence-electron chi connectivity index (χ2n) is 5.94. The molecule has 144 valence electrons. The van der Waals surface area contributed by atoms with E-state index in [1.807, 2.05) is 6.07 Å². The first-order valence-corrected chi connectivity index (χ1v) is 9.42. The van der Waals surface area contributed by atoms with Crippen LogP contribution in [0, 0.1) is 0 Å². The van der Waals surface area contributed by atoms with E-state index < -0.39 is 33.1 Å². The third-order valence-electron chi connectivity index (χ3n) is 3.56. The Morgan fingerprint density at radius 1 is 0.963 bits per heavy atom. The summed E-state index contributed by atoms with van der Waals surface area (Å²) in [6.45, 7) is 0.972. The smallest absolute Gasteiger partial charge is 0.323 e. The molecule has 1 atom stereocenters. The van der Waals surface area contributed by atoms with E-state index in [0.29, 0.717) is 11.4 Å². The lowest BCUT2D eigenvalue weighted by molar-refractivity contribution is -0.144. The van der Waals surface area contributed by atoms with E-state index in [1.54, 1.807) is 24.3 Å². The van der Waals surface area contributed by atoms with E-state index in [9.17, 15) is 23.1 Å². The van der Waals surface area contributed by atoms with Gasteiger partial charge >= 0.3 is 6.03 Å². The molecule has 3 amide bonds. The number of rotatable bonds is 6. The quantitative estimate of drug-likeness (QED) is 0.370. The van der Waals surface area contributed by atoms with Crippen molar-refractivity contribution in [2.24, 2.45) is 0 Å². The summed E-state index contributed by atoms with van der Waals surface area (Å²) in [7, 11) is -4.02. The van der Waals surface area contributed by atoms with Gasteiger partial charge in [0.05, 0.1) is 10.6 Å². The number of urea groups is 1. The van der Waals surface area contributed by atoms with Gasteiger partial charge in [0, 0.05) is 11.4 Å². The summed E-state index contributed by atoms with van der Waals surface area (Å²) in [5, 5.41) is 23.6. The van der Waals surface area contributed by atoms with Gasteiger partial charge in [0.1, 0.15) is 0 Å². The zero-order valence-corrected chi connectivity index (χ0v) is 15.2. The lowest BCUT2D eigenvalue weighted by atomic mass is 10.1. The number of nitrogens with one attached hydrogen (secondary N) is 3. The predicted molar refractivity (Wildman–Crippen MR) is 98.1 cm³/mol. The van der Waals surface area contributed by atoms with Crippen molar-refractivity contribution in [3.05, 3.63) is 54.6 Å². The summed E-state index contributed by atoms with van der Waals surface area (Å²) in [5.41, 5.74) is -0.138. The van der Waals surface area contributed by atoms with Crippen LogP contribution in [0.1, 0.15) is 6.92 Å². The van der Waals surface area contributed by atoms with Crippen molar-refractivity contribution in [3.8, 4) is 0 Å². The van der Waals surface area contributed by atoms with Crippen molar-refractivity contribution in [1.29, 1.82) is 0 Å². The molecule has 0 aliphatic heterocycles. The minimum Gasteiger partial charge on any atom is -0.379 e. The van der Waals surface area contributed by atoms with Gasteiger partial charge in [-0.25, -0.2) is 18.7 Å². The molecule has 2 rings (SSSR count). The second-order valence-corrected chi connectivity index (χ2v) is 7.93. The number of hydrogen-bond donors (Lipinski definition) is 5. The number of hydrogen-bond acceptors (Lipinski definition) is 6. The predicted octanol–water partition coefficient (Wildman–Crippen LogP) is 1.36. The van der Waals surface area contributed by atoms with Crippen LogP contribution in [0.2, 0.25) is 0 Å². The Kier molecular flexibility index (Phi) is 6.16. The highest BCUT2D eigenvalue weighted by atomic mass is 32.2. The maximum atomic E-state index is 12.3. The second kappa shape index (κ2) is 8.16. The zero-order chi connectivity index (χ0) is 20.1. The first kappa shape index (κ1) is 20.4. The lowest BCUT2D eigenvalue weighted by Gasteiger charge is -2.20. The van der Waals surface area contributed by atoms with Crippen LogP contribution in [0.25, 0.3) is 0 Å². The van der Waals surface area contributed by atoms with Gasteiger partial charge in [-0.1, -0.05) is 18.2 Å². The van der Waals surface area contributed by atoms with Gasteiger partial charge in [0.15, 0.2) is 15.4 Å². The largest absolute Gasteiger partial charge is 0.379 e. The third kappa shape index (κ3) is 5.51. The van der Waals surface area contributed by atoms with E-state index in [0.717, 1.165) is 6.92 Å². The highest BCUT2D eigenvalue weighted by molar-refractivity contribution is 7.91. The van der Waals surface area contributed by atoms with Crippen LogP contribution >= 0.6 is 0 Å². The molecular weight excluding hydrogens is 374 g/mol. The maximum Gasteiger partial charge on any atom is 0.323 e. The maximum absolute atomic E-state index is 12.3. The molecular formula is C17H19N3O6S. The van der Waals surface area contributed by atoms with Crippen molar-refractivity contribution in [2.75, 3.05) is 16.4 Å². The van der Waals surface area contributed by atoms with E-state index in [4.69, 9.17) is 5.21 Å².